The van der Waals surface area contributed by atoms with E-state index in [2.05, 4.69) is 38.8 Å². The minimum Gasteiger partial charge on any atom is -0.345 e. The average molecular weight is 347 g/mol. The van der Waals surface area contributed by atoms with Crippen molar-refractivity contribution in [1.82, 2.24) is 20.5 Å². The van der Waals surface area contributed by atoms with Gasteiger partial charge in [-0.05, 0) is 48.7 Å². The molecular formula is C20H21N5O. The maximum Gasteiger partial charge on any atom is 0.272 e. The van der Waals surface area contributed by atoms with Gasteiger partial charge in [-0.15, -0.1) is 10.2 Å². The summed E-state index contributed by atoms with van der Waals surface area (Å²) in [7, 11) is 0. The molecule has 0 aliphatic heterocycles. The Morgan fingerprint density at radius 1 is 1.04 bits per heavy atom. The lowest BCUT2D eigenvalue weighted by molar-refractivity contribution is 0.0944. The molecule has 2 heterocycles. The molecule has 26 heavy (non-hydrogen) atoms. The van der Waals surface area contributed by atoms with E-state index in [4.69, 9.17) is 0 Å². The number of rotatable bonds is 6. The van der Waals surface area contributed by atoms with Crippen molar-refractivity contribution >= 4 is 17.4 Å². The molecule has 6 heteroatoms. The van der Waals surface area contributed by atoms with Crippen LogP contribution in [-0.4, -0.2) is 21.1 Å². The van der Waals surface area contributed by atoms with E-state index >= 15 is 0 Å². The van der Waals surface area contributed by atoms with Gasteiger partial charge in [-0.25, -0.2) is 0 Å². The molecule has 0 saturated carbocycles. The summed E-state index contributed by atoms with van der Waals surface area (Å²) in [5.41, 5.74) is 4.45. The van der Waals surface area contributed by atoms with Crippen molar-refractivity contribution in [3.8, 4) is 0 Å². The first-order valence-electron chi connectivity index (χ1n) is 8.54. The Bertz CT molecular complexity index is 878. The first-order chi connectivity index (χ1) is 12.7. The van der Waals surface area contributed by atoms with Gasteiger partial charge in [0.25, 0.3) is 5.91 Å². The van der Waals surface area contributed by atoms with Crippen LogP contribution < -0.4 is 10.6 Å². The molecule has 0 fully saturated rings. The van der Waals surface area contributed by atoms with Crippen LogP contribution in [0.1, 0.15) is 34.2 Å². The summed E-state index contributed by atoms with van der Waals surface area (Å²) in [6, 6.07) is 15.2. The van der Waals surface area contributed by atoms with E-state index in [1.54, 1.807) is 18.3 Å². The zero-order valence-corrected chi connectivity index (χ0v) is 14.9. The van der Waals surface area contributed by atoms with Gasteiger partial charge in [0.15, 0.2) is 11.5 Å². The van der Waals surface area contributed by atoms with Crippen LogP contribution in [0.3, 0.4) is 0 Å². The van der Waals surface area contributed by atoms with Crippen LogP contribution in [0.25, 0.3) is 0 Å². The quantitative estimate of drug-likeness (QED) is 0.714. The number of hydrogen-bond donors (Lipinski definition) is 2. The third kappa shape index (κ3) is 4.22. The van der Waals surface area contributed by atoms with Crippen LogP contribution in [0.15, 0.2) is 54.7 Å². The van der Waals surface area contributed by atoms with Crippen LogP contribution in [0.4, 0.5) is 11.5 Å². The molecule has 2 N–H and O–H groups in total. The summed E-state index contributed by atoms with van der Waals surface area (Å²) in [5, 5.41) is 14.2. The van der Waals surface area contributed by atoms with Crippen molar-refractivity contribution in [1.29, 1.82) is 0 Å². The molecule has 1 aromatic carbocycles. The standard InChI is InChI=1S/C20H21N5O/c1-3-15-8-6-7-14(2)19(15)23-18-11-10-17(24-25-18)20(26)22-13-16-9-4-5-12-21-16/h4-12H,3,13H2,1-2H3,(H,22,26)(H,23,25). The molecule has 3 aromatic rings. The average Bonchev–Trinajstić information content (AvgIpc) is 2.69. The first-order valence-corrected chi connectivity index (χ1v) is 8.54. The fraction of sp³-hybridized carbons (Fsp3) is 0.200. The van der Waals surface area contributed by atoms with Gasteiger partial charge in [-0.3, -0.25) is 9.78 Å². The van der Waals surface area contributed by atoms with Crippen LogP contribution >= 0.6 is 0 Å². The second-order valence-corrected chi connectivity index (χ2v) is 5.90. The molecule has 2 aromatic heterocycles. The van der Waals surface area contributed by atoms with Gasteiger partial charge in [-0.2, -0.15) is 0 Å². The zero-order valence-electron chi connectivity index (χ0n) is 14.9. The van der Waals surface area contributed by atoms with Gasteiger partial charge in [0.2, 0.25) is 0 Å². The van der Waals surface area contributed by atoms with E-state index in [1.807, 2.05) is 37.3 Å². The van der Waals surface area contributed by atoms with E-state index in [9.17, 15) is 4.79 Å². The third-order valence-electron chi connectivity index (χ3n) is 4.05. The molecule has 6 nitrogen and oxygen atoms in total. The summed E-state index contributed by atoms with van der Waals surface area (Å²) in [6.45, 7) is 4.51. The highest BCUT2D eigenvalue weighted by Gasteiger charge is 2.10. The lowest BCUT2D eigenvalue weighted by atomic mass is 10.1. The van der Waals surface area contributed by atoms with Gasteiger partial charge < -0.3 is 10.6 Å². The Morgan fingerprint density at radius 2 is 1.92 bits per heavy atom. The minimum absolute atomic E-state index is 0.270. The number of amides is 1. The monoisotopic (exact) mass is 347 g/mol. The van der Waals surface area contributed by atoms with E-state index in [1.165, 1.54) is 5.56 Å². The normalized spacial score (nSPS) is 10.4. The predicted octanol–water partition coefficient (Wildman–Crippen LogP) is 3.42. The number of hydrogen-bond acceptors (Lipinski definition) is 5. The molecule has 0 unspecified atom stereocenters. The Hall–Kier alpha value is -3.28. The van der Waals surface area contributed by atoms with E-state index in [0.717, 1.165) is 23.4 Å². The summed E-state index contributed by atoms with van der Waals surface area (Å²) >= 11 is 0. The van der Waals surface area contributed by atoms with Crippen molar-refractivity contribution in [3.05, 3.63) is 77.2 Å². The Kier molecular flexibility index (Phi) is 5.53. The molecule has 0 spiro atoms. The van der Waals surface area contributed by atoms with Gasteiger partial charge in [0.05, 0.1) is 12.2 Å². The zero-order chi connectivity index (χ0) is 18.4. The fourth-order valence-electron chi connectivity index (χ4n) is 2.61. The highest BCUT2D eigenvalue weighted by molar-refractivity contribution is 5.92. The maximum absolute atomic E-state index is 12.2. The summed E-state index contributed by atoms with van der Waals surface area (Å²) in [4.78, 5) is 16.3. The minimum atomic E-state index is -0.278. The number of nitrogens with zero attached hydrogens (tertiary/aromatic N) is 3. The van der Waals surface area contributed by atoms with Crippen LogP contribution in [0.5, 0.6) is 0 Å². The Balaban J connectivity index is 1.66. The molecule has 0 atom stereocenters. The summed E-state index contributed by atoms with van der Waals surface area (Å²) < 4.78 is 0. The number of para-hydroxylation sites is 1. The van der Waals surface area contributed by atoms with Crippen molar-refractivity contribution in [3.63, 3.8) is 0 Å². The molecule has 132 valence electrons. The van der Waals surface area contributed by atoms with Crippen LogP contribution in [-0.2, 0) is 13.0 Å². The Labute approximate surface area is 152 Å². The second-order valence-electron chi connectivity index (χ2n) is 5.90. The number of pyridine rings is 1. The highest BCUT2D eigenvalue weighted by Crippen LogP contribution is 2.24. The van der Waals surface area contributed by atoms with Gasteiger partial charge in [0.1, 0.15) is 0 Å². The van der Waals surface area contributed by atoms with Gasteiger partial charge >= 0.3 is 0 Å². The summed E-state index contributed by atoms with van der Waals surface area (Å²) in [5.74, 6) is 0.329. The molecule has 0 bridgehead atoms. The smallest absolute Gasteiger partial charge is 0.272 e. The fourth-order valence-corrected chi connectivity index (χ4v) is 2.61. The highest BCUT2D eigenvalue weighted by atomic mass is 16.1. The van der Waals surface area contributed by atoms with Gasteiger partial charge in [-0.1, -0.05) is 31.2 Å². The number of aromatic nitrogens is 3. The van der Waals surface area contributed by atoms with E-state index in [0.29, 0.717) is 12.4 Å². The largest absolute Gasteiger partial charge is 0.345 e. The number of anilines is 2. The lowest BCUT2D eigenvalue weighted by Gasteiger charge is -2.13. The maximum atomic E-state index is 12.2. The molecule has 0 radical (unpaired) electrons. The molecule has 0 aliphatic carbocycles. The topological polar surface area (TPSA) is 79.8 Å². The molecule has 3 rings (SSSR count). The van der Waals surface area contributed by atoms with Crippen molar-refractivity contribution in [2.45, 2.75) is 26.8 Å². The molecule has 0 saturated heterocycles. The third-order valence-corrected chi connectivity index (χ3v) is 4.05. The van der Waals surface area contributed by atoms with Crippen molar-refractivity contribution in [2.24, 2.45) is 0 Å². The predicted molar refractivity (Wildman–Crippen MR) is 101 cm³/mol. The second kappa shape index (κ2) is 8.20. The molecule has 0 aliphatic rings. The number of benzene rings is 1. The Morgan fingerprint density at radius 3 is 2.62 bits per heavy atom. The number of carbonyl (C=O) groups is 1. The SMILES string of the molecule is CCc1cccc(C)c1Nc1ccc(C(=O)NCc2ccccn2)nn1. The summed E-state index contributed by atoms with van der Waals surface area (Å²) in [6.07, 6.45) is 2.61. The number of carbonyl (C=O) groups excluding carboxylic acids is 1. The van der Waals surface area contributed by atoms with Crippen molar-refractivity contribution < 1.29 is 4.79 Å². The molecular weight excluding hydrogens is 326 g/mol. The number of aryl methyl sites for hydroxylation is 2. The van der Waals surface area contributed by atoms with Crippen LogP contribution in [0, 0.1) is 6.92 Å². The van der Waals surface area contributed by atoms with Crippen LogP contribution in [0.2, 0.25) is 0 Å². The first kappa shape index (κ1) is 17.5. The number of nitrogens with one attached hydrogen (secondary N) is 2. The van der Waals surface area contributed by atoms with E-state index < -0.39 is 0 Å². The lowest BCUT2D eigenvalue weighted by Crippen LogP contribution is -2.24. The van der Waals surface area contributed by atoms with E-state index in [-0.39, 0.29) is 11.6 Å². The van der Waals surface area contributed by atoms with Crippen molar-refractivity contribution in [2.75, 3.05) is 5.32 Å². The molecule has 1 amide bonds. The van der Waals surface area contributed by atoms with Gasteiger partial charge in [0, 0.05) is 11.9 Å².